The van der Waals surface area contributed by atoms with E-state index in [-0.39, 0.29) is 13.2 Å². The molecule has 1 aliphatic rings. The fourth-order valence-electron chi connectivity index (χ4n) is 5.83. The largest absolute Gasteiger partial charge is 0.496 e. The Morgan fingerprint density at radius 3 is 2.30 bits per heavy atom. The number of rotatable bonds is 7. The van der Waals surface area contributed by atoms with Gasteiger partial charge >= 0.3 is 12.3 Å². The molecule has 0 bridgehead atoms. The summed E-state index contributed by atoms with van der Waals surface area (Å²) in [4.78, 5) is 14.7. The van der Waals surface area contributed by atoms with Crippen LogP contribution in [-0.2, 0) is 24.1 Å². The smallest absolute Gasteiger partial charge is 0.416 e. The molecular formula is C35H34F3NO4. The number of hydrogen-bond donors (Lipinski definition) is 1. The number of aliphatic hydroxyl groups excluding tert-OH is 1. The van der Waals surface area contributed by atoms with Gasteiger partial charge in [0, 0.05) is 5.56 Å². The van der Waals surface area contributed by atoms with Crippen LogP contribution >= 0.6 is 0 Å². The standard InChI is InChI=1S/C35H34F3NO4/c1-20-6-9-30(31-17-25(8-11-32(31)42-5)29-10-7-24(19-40)15-22(29)3)27(12-20)18-39-23(4)33(43-34(39)41)26-13-21(2)14-28(16-26)35(36,37)38/h6-17,23,33,40H,18-19H2,1-5H3/t23-,33-/m0/s1. The predicted octanol–water partition coefficient (Wildman–Crippen LogP) is 8.55. The van der Waals surface area contributed by atoms with Gasteiger partial charge in [-0.15, -0.1) is 0 Å². The normalized spacial score (nSPS) is 16.9. The van der Waals surface area contributed by atoms with Crippen molar-refractivity contribution in [1.82, 2.24) is 4.90 Å². The SMILES string of the molecule is COc1ccc(-c2ccc(CO)cc2C)cc1-c1ccc(C)cc1CN1C(=O)O[C@H](c2cc(C)cc(C(F)(F)F)c2)[C@@H]1C. The number of aliphatic hydroxyl groups is 1. The Bertz CT molecular complexity index is 1680. The molecule has 0 spiro atoms. The molecule has 1 aliphatic heterocycles. The Hall–Kier alpha value is -4.30. The molecule has 0 radical (unpaired) electrons. The molecule has 0 saturated carbocycles. The van der Waals surface area contributed by atoms with Crippen LogP contribution in [0.25, 0.3) is 22.3 Å². The summed E-state index contributed by atoms with van der Waals surface area (Å²) in [6.07, 6.45) is -5.93. The van der Waals surface area contributed by atoms with Gasteiger partial charge in [-0.05, 0) is 90.9 Å². The molecule has 0 aliphatic carbocycles. The number of nitrogens with zero attached hydrogens (tertiary/aromatic N) is 1. The van der Waals surface area contributed by atoms with E-state index in [1.165, 1.54) is 0 Å². The maximum Gasteiger partial charge on any atom is 0.416 e. The molecule has 43 heavy (non-hydrogen) atoms. The molecule has 4 aromatic rings. The van der Waals surface area contributed by atoms with Crippen molar-refractivity contribution in [3.8, 4) is 28.0 Å². The first-order valence-corrected chi connectivity index (χ1v) is 14.0. The number of alkyl halides is 3. The van der Waals surface area contributed by atoms with Crippen molar-refractivity contribution in [2.24, 2.45) is 0 Å². The molecular weight excluding hydrogens is 555 g/mol. The highest BCUT2D eigenvalue weighted by Crippen LogP contribution is 2.41. The number of methoxy groups -OCH3 is 1. The summed E-state index contributed by atoms with van der Waals surface area (Å²) in [5, 5.41) is 9.53. The third-order valence-electron chi connectivity index (χ3n) is 8.02. The highest BCUT2D eigenvalue weighted by molar-refractivity contribution is 5.81. The summed E-state index contributed by atoms with van der Waals surface area (Å²) in [5.74, 6) is 0.660. The van der Waals surface area contributed by atoms with E-state index in [2.05, 4.69) is 0 Å². The minimum Gasteiger partial charge on any atom is -0.496 e. The van der Waals surface area contributed by atoms with E-state index in [4.69, 9.17) is 9.47 Å². The Morgan fingerprint density at radius 2 is 1.63 bits per heavy atom. The minimum atomic E-state index is -4.50. The lowest BCUT2D eigenvalue weighted by Crippen LogP contribution is -2.31. The monoisotopic (exact) mass is 589 g/mol. The zero-order valence-electron chi connectivity index (χ0n) is 24.8. The number of cyclic esters (lactones) is 1. The van der Waals surface area contributed by atoms with E-state index in [1.54, 1.807) is 31.9 Å². The topological polar surface area (TPSA) is 59.0 Å². The molecule has 1 heterocycles. The van der Waals surface area contributed by atoms with E-state index >= 15 is 0 Å². The number of aryl methyl sites for hydroxylation is 3. The van der Waals surface area contributed by atoms with Crippen LogP contribution in [0.2, 0.25) is 0 Å². The highest BCUT2D eigenvalue weighted by Gasteiger charge is 2.41. The lowest BCUT2D eigenvalue weighted by molar-refractivity contribution is -0.137. The molecule has 8 heteroatoms. The summed E-state index contributed by atoms with van der Waals surface area (Å²) in [6, 6.07) is 21.1. The second kappa shape index (κ2) is 11.8. The number of halogens is 3. The predicted molar refractivity (Wildman–Crippen MR) is 160 cm³/mol. The third-order valence-corrected chi connectivity index (χ3v) is 8.02. The molecule has 5 rings (SSSR count). The maximum absolute atomic E-state index is 13.5. The van der Waals surface area contributed by atoms with Gasteiger partial charge in [-0.1, -0.05) is 59.7 Å². The summed E-state index contributed by atoms with van der Waals surface area (Å²) >= 11 is 0. The summed E-state index contributed by atoms with van der Waals surface area (Å²) in [7, 11) is 1.61. The van der Waals surface area contributed by atoms with Gasteiger partial charge in [-0.3, -0.25) is 4.90 Å². The zero-order chi connectivity index (χ0) is 31.1. The fourth-order valence-corrected chi connectivity index (χ4v) is 5.83. The van der Waals surface area contributed by atoms with Crippen molar-refractivity contribution >= 4 is 6.09 Å². The van der Waals surface area contributed by atoms with Crippen molar-refractivity contribution in [1.29, 1.82) is 0 Å². The lowest BCUT2D eigenvalue weighted by atomic mass is 9.91. The van der Waals surface area contributed by atoms with Gasteiger partial charge in [0.1, 0.15) is 11.9 Å². The lowest BCUT2D eigenvalue weighted by Gasteiger charge is -2.24. The molecule has 224 valence electrons. The maximum atomic E-state index is 13.5. The molecule has 2 atom stereocenters. The van der Waals surface area contributed by atoms with Crippen LogP contribution in [0.4, 0.5) is 18.0 Å². The van der Waals surface area contributed by atoms with Crippen LogP contribution in [0.3, 0.4) is 0 Å². The number of ether oxygens (including phenoxy) is 2. The number of carbonyl (C=O) groups excluding carboxylic acids is 1. The number of hydrogen-bond acceptors (Lipinski definition) is 4. The van der Waals surface area contributed by atoms with E-state index in [9.17, 15) is 23.1 Å². The number of benzene rings is 4. The van der Waals surface area contributed by atoms with Gasteiger partial charge in [-0.2, -0.15) is 13.2 Å². The van der Waals surface area contributed by atoms with Crippen LogP contribution < -0.4 is 4.74 Å². The zero-order valence-corrected chi connectivity index (χ0v) is 24.8. The second-order valence-electron chi connectivity index (χ2n) is 11.2. The molecule has 1 N–H and O–H groups in total. The van der Waals surface area contributed by atoms with Crippen LogP contribution in [-0.4, -0.2) is 29.3 Å². The molecule has 4 aromatic carbocycles. The quantitative estimate of drug-likeness (QED) is 0.235. The molecule has 1 fully saturated rings. The van der Waals surface area contributed by atoms with Crippen molar-refractivity contribution in [2.75, 3.05) is 7.11 Å². The third kappa shape index (κ3) is 6.11. The van der Waals surface area contributed by atoms with Crippen LogP contribution in [0.15, 0.2) is 72.8 Å². The van der Waals surface area contributed by atoms with Crippen molar-refractivity contribution < 1.29 is 32.5 Å². The van der Waals surface area contributed by atoms with Gasteiger partial charge in [0.05, 0.1) is 31.9 Å². The van der Waals surface area contributed by atoms with Gasteiger partial charge in [0.2, 0.25) is 0 Å². The highest BCUT2D eigenvalue weighted by atomic mass is 19.4. The first kappa shape index (κ1) is 30.2. The summed E-state index contributed by atoms with van der Waals surface area (Å²) in [5.41, 5.74) is 7.40. The van der Waals surface area contributed by atoms with Crippen molar-refractivity contribution in [3.63, 3.8) is 0 Å². The molecule has 1 amide bonds. The van der Waals surface area contributed by atoms with Crippen molar-refractivity contribution in [2.45, 2.75) is 59.2 Å². The van der Waals surface area contributed by atoms with E-state index in [0.29, 0.717) is 16.9 Å². The summed E-state index contributed by atoms with van der Waals surface area (Å²) in [6.45, 7) is 7.52. The Labute approximate surface area is 249 Å². The fraction of sp³-hybridized carbons (Fsp3) is 0.286. The Kier molecular flexibility index (Phi) is 8.25. The average molecular weight is 590 g/mol. The van der Waals surface area contributed by atoms with Crippen LogP contribution in [0.5, 0.6) is 5.75 Å². The molecule has 0 aromatic heterocycles. The minimum absolute atomic E-state index is 0.0344. The number of carbonyl (C=O) groups is 1. The molecule has 1 saturated heterocycles. The molecule has 0 unspecified atom stereocenters. The van der Waals surface area contributed by atoms with Gasteiger partial charge in [0.15, 0.2) is 0 Å². The second-order valence-corrected chi connectivity index (χ2v) is 11.2. The number of amides is 1. The first-order chi connectivity index (χ1) is 20.4. The first-order valence-electron chi connectivity index (χ1n) is 14.0. The van der Waals surface area contributed by atoms with E-state index < -0.39 is 30.0 Å². The van der Waals surface area contributed by atoms with Gasteiger partial charge in [-0.25, -0.2) is 4.79 Å². The Morgan fingerprint density at radius 1 is 0.884 bits per heavy atom. The average Bonchev–Trinajstić information content (AvgIpc) is 3.24. The van der Waals surface area contributed by atoms with Crippen molar-refractivity contribution in [3.05, 3.63) is 112 Å². The Balaban J connectivity index is 1.52. The van der Waals surface area contributed by atoms with Crippen LogP contribution in [0, 0.1) is 20.8 Å². The van der Waals surface area contributed by atoms with E-state index in [0.717, 1.165) is 56.6 Å². The van der Waals surface area contributed by atoms with Gasteiger partial charge in [0.25, 0.3) is 0 Å². The van der Waals surface area contributed by atoms with E-state index in [1.807, 2.05) is 68.4 Å². The summed E-state index contributed by atoms with van der Waals surface area (Å²) < 4.78 is 52.0. The molecule has 5 nitrogen and oxygen atoms in total. The van der Waals surface area contributed by atoms with Crippen LogP contribution in [0.1, 0.15) is 52.0 Å². The van der Waals surface area contributed by atoms with Gasteiger partial charge < -0.3 is 14.6 Å².